The lowest BCUT2D eigenvalue weighted by atomic mass is 9.72. The number of methoxy groups -OCH3 is 1. The molecule has 127 heavy (non-hydrogen) atoms. The van der Waals surface area contributed by atoms with Crippen molar-refractivity contribution in [1.29, 1.82) is 0 Å². The topological polar surface area (TPSA) is 458 Å². The number of benzene rings is 4. The highest BCUT2D eigenvalue weighted by Crippen LogP contribution is 2.51. The summed E-state index contributed by atoms with van der Waals surface area (Å²) in [6, 6.07) is 34.5. The molecular formula is C93H115N27O7. The zero-order chi connectivity index (χ0) is 90.0. The van der Waals surface area contributed by atoms with Crippen molar-refractivity contribution >= 4 is 35.8 Å². The van der Waals surface area contributed by atoms with Crippen molar-refractivity contribution in [2.24, 2.45) is 36.6 Å². The Bertz CT molecular complexity index is 5830. The lowest BCUT2D eigenvalue weighted by Gasteiger charge is -2.36. The number of hydrogen-bond donors (Lipinski definition) is 6. The third-order valence-electron chi connectivity index (χ3n) is 25.4. The first-order valence-corrected chi connectivity index (χ1v) is 43.1. The molecule has 1 aliphatic carbocycles. The molecule has 0 amide bonds. The Morgan fingerprint density at radius 2 is 0.772 bits per heavy atom. The number of aliphatic hydroxyl groups is 2. The van der Waals surface area contributed by atoms with E-state index >= 15 is 0 Å². The molecule has 4 aromatic carbocycles. The van der Waals surface area contributed by atoms with Gasteiger partial charge in [0.1, 0.15) is 0 Å². The minimum Gasteiger partial charge on any atom is -0.396 e. The van der Waals surface area contributed by atoms with E-state index in [4.69, 9.17) is 65.7 Å². The Labute approximate surface area is 738 Å². The SMILES string of the molecule is CC(C)C(C)(c1ccc(-c2cnc(N)nc2)cc1)c1noc(N2CCC(CCO)CC2)n1.CC(C)C(C)(c1ccc(-c2cnc(N)nc2)cc1)c1noc(N2CCN(CC(C)(C)O)CC2)n1.COCCn1cc(-c2nc([C@@](C)(c3ccc(-c4cnc(N)nc4)cc3)C(C)C)no2)cn1.Cn1cc(-c2nc([C@](C)(c3ccc(-c4cnc(N)nc4)cc3)C3CC3)no2)cn1. The van der Waals surface area contributed by atoms with Crippen LogP contribution in [0, 0.1) is 29.6 Å². The average Bonchev–Trinajstić information content (AvgIpc) is 1.73. The molecule has 10 aromatic heterocycles. The van der Waals surface area contributed by atoms with Crippen molar-refractivity contribution in [3.8, 4) is 67.4 Å². The molecule has 2 aliphatic heterocycles. The fourth-order valence-corrected chi connectivity index (χ4v) is 16.1. The lowest BCUT2D eigenvalue weighted by molar-refractivity contribution is 0.0342. The quantitative estimate of drug-likeness (QED) is 0.0278. The Kier molecular flexibility index (Phi) is 27.5. The summed E-state index contributed by atoms with van der Waals surface area (Å²) in [5.41, 5.74) is 34.0. The molecule has 0 bridgehead atoms. The van der Waals surface area contributed by atoms with E-state index in [0.29, 0.717) is 78.6 Å². The maximum atomic E-state index is 10.1. The van der Waals surface area contributed by atoms with Crippen LogP contribution in [0.2, 0.25) is 0 Å². The van der Waals surface area contributed by atoms with E-state index < -0.39 is 21.8 Å². The number of piperidine rings is 1. The summed E-state index contributed by atoms with van der Waals surface area (Å²) >= 11 is 0. The van der Waals surface area contributed by atoms with E-state index in [-0.39, 0.29) is 53.6 Å². The van der Waals surface area contributed by atoms with Gasteiger partial charge in [-0.25, -0.2) is 39.9 Å². The van der Waals surface area contributed by atoms with E-state index in [2.05, 4.69) is 240 Å². The summed E-state index contributed by atoms with van der Waals surface area (Å²) in [4.78, 5) is 58.3. The molecule has 17 rings (SSSR count). The van der Waals surface area contributed by atoms with E-state index in [1.54, 1.807) is 78.4 Å². The van der Waals surface area contributed by atoms with Crippen molar-refractivity contribution in [3.63, 3.8) is 0 Å². The van der Waals surface area contributed by atoms with Crippen molar-refractivity contribution in [2.45, 2.75) is 149 Å². The molecule has 10 N–H and O–H groups in total. The third kappa shape index (κ3) is 20.5. The highest BCUT2D eigenvalue weighted by atomic mass is 16.5. The van der Waals surface area contributed by atoms with Crippen LogP contribution in [0.25, 0.3) is 67.4 Å². The number of ether oxygens (including phenoxy) is 1. The van der Waals surface area contributed by atoms with Gasteiger partial charge in [0.05, 0.1) is 63.9 Å². The number of piperazine rings is 1. The second-order valence-corrected chi connectivity index (χ2v) is 35.2. The minimum atomic E-state index is -0.699. The van der Waals surface area contributed by atoms with Gasteiger partial charge in [0.2, 0.25) is 23.8 Å². The number of nitrogen functional groups attached to an aromatic ring is 4. The number of aromatic nitrogens is 20. The zero-order valence-corrected chi connectivity index (χ0v) is 74.7. The van der Waals surface area contributed by atoms with Gasteiger partial charge in [0, 0.05) is 151 Å². The van der Waals surface area contributed by atoms with Crippen molar-refractivity contribution in [2.75, 3.05) is 98.9 Å². The van der Waals surface area contributed by atoms with Crippen molar-refractivity contribution in [1.82, 2.24) is 105 Å². The molecule has 0 radical (unpaired) electrons. The second kappa shape index (κ2) is 38.7. The summed E-state index contributed by atoms with van der Waals surface area (Å²) in [5.74, 6) is 6.52. The molecule has 34 heteroatoms. The lowest BCUT2D eigenvalue weighted by Crippen LogP contribution is -2.50. The maximum absolute atomic E-state index is 10.1. The summed E-state index contributed by atoms with van der Waals surface area (Å²) in [5, 5.41) is 45.3. The van der Waals surface area contributed by atoms with E-state index in [9.17, 15) is 10.2 Å². The fourth-order valence-electron chi connectivity index (χ4n) is 16.1. The predicted molar refractivity (Wildman–Crippen MR) is 485 cm³/mol. The number of anilines is 6. The summed E-state index contributed by atoms with van der Waals surface area (Å²) in [6.07, 6.45) is 26.3. The van der Waals surface area contributed by atoms with Gasteiger partial charge in [0.25, 0.3) is 11.8 Å². The van der Waals surface area contributed by atoms with E-state index in [1.807, 2.05) is 45.4 Å². The van der Waals surface area contributed by atoms with Gasteiger partial charge in [-0.15, -0.1) is 0 Å². The first-order valence-electron chi connectivity index (χ1n) is 43.1. The van der Waals surface area contributed by atoms with Crippen LogP contribution < -0.4 is 32.7 Å². The molecule has 664 valence electrons. The molecular weight excluding hydrogens is 1610 g/mol. The number of aliphatic hydroxyl groups excluding tert-OH is 1. The number of rotatable bonds is 27. The van der Waals surface area contributed by atoms with Gasteiger partial charge in [0.15, 0.2) is 23.3 Å². The average molecular weight is 1720 g/mol. The fraction of sp³-hybridized carbons (Fsp3) is 0.419. The van der Waals surface area contributed by atoms with Crippen LogP contribution in [-0.4, -0.2) is 187 Å². The van der Waals surface area contributed by atoms with Gasteiger partial charge >= 0.3 is 12.0 Å². The largest absolute Gasteiger partial charge is 0.396 e. The highest BCUT2D eigenvalue weighted by molar-refractivity contribution is 5.66. The Balaban J connectivity index is 0.000000137. The van der Waals surface area contributed by atoms with Crippen LogP contribution >= 0.6 is 0 Å². The summed E-state index contributed by atoms with van der Waals surface area (Å²) in [6.45, 7) is 32.5. The van der Waals surface area contributed by atoms with Crippen LogP contribution in [0.1, 0.15) is 161 Å². The van der Waals surface area contributed by atoms with Gasteiger partial charge in [-0.05, 0) is 148 Å². The predicted octanol–water partition coefficient (Wildman–Crippen LogP) is 13.4. The standard InChI is InChI=1S/C25H35N7O2.C24H32N6O2.C23H27N7O2.C21H21N7O/c1-17(2)25(5,20-8-6-18(7-9-20)19-14-27-22(26)28-15-19)21-29-23(34-30-21)32-12-10-31(11-13-32)16-24(3,4)33;1-16(2)24(3,20-6-4-18(5-7-20)19-14-26-22(25)27-15-19)21-28-23(32-29-21)30-11-8-17(9-12-30)10-13-31;1-15(2)23(3,19-7-5-16(6-8-19)17-11-25-22(24)26-12-17)21-28-20(32-29-21)18-13-27-30(14-18)9-10-31-4;1-21(17-7-8-17,19-26-18(29-27-19)15-11-25-28(2)12-15)16-5-3-13(4-6-16)14-9-23-20(22)24-10-14/h6-9,14-15,17,33H,10-13,16H2,1-5H3,(H2,26,27,28);4-7,14-17,31H,8-13H2,1-3H3,(H2,25,26,27);5-8,11-15H,9-10H2,1-4H3,(H2,24,25,26);3-6,9-12,17H,7-8H2,1-2H3,(H2,22,23,24)/t;;23-;21-/m..11/s1. The van der Waals surface area contributed by atoms with Crippen LogP contribution in [0.3, 0.4) is 0 Å². The molecule has 1 saturated carbocycles. The second-order valence-electron chi connectivity index (χ2n) is 35.2. The number of β-amino-alcohol motifs (C(OH)–C–C–N with tert-alkyl or cyclic N) is 1. The molecule has 34 nitrogen and oxygen atoms in total. The molecule has 2 saturated heterocycles. The molecule has 3 aliphatic rings. The van der Waals surface area contributed by atoms with E-state index in [1.165, 1.54) is 5.56 Å². The van der Waals surface area contributed by atoms with Crippen LogP contribution in [-0.2, 0) is 40.0 Å². The summed E-state index contributed by atoms with van der Waals surface area (Å²) in [7, 11) is 3.53. The summed E-state index contributed by atoms with van der Waals surface area (Å²) < 4.78 is 31.2. The molecule has 0 spiro atoms. The van der Waals surface area contributed by atoms with Crippen molar-refractivity contribution < 1.29 is 33.0 Å². The Hall–Kier alpha value is -13.2. The Morgan fingerprint density at radius 3 is 1.13 bits per heavy atom. The van der Waals surface area contributed by atoms with Crippen LogP contribution in [0.15, 0.2) is 190 Å². The zero-order valence-electron chi connectivity index (χ0n) is 74.7. The maximum Gasteiger partial charge on any atom is 0.324 e. The number of aryl methyl sites for hydroxylation is 1. The molecule has 3 fully saturated rings. The third-order valence-corrected chi connectivity index (χ3v) is 25.4. The number of nitrogens with two attached hydrogens (primary N) is 4. The first kappa shape index (κ1) is 90.1. The van der Waals surface area contributed by atoms with Crippen LogP contribution in [0.5, 0.6) is 0 Å². The molecule has 2 unspecified atom stereocenters. The number of hydrogen-bond acceptors (Lipinski definition) is 32. The van der Waals surface area contributed by atoms with Gasteiger partial charge in [-0.2, -0.15) is 30.1 Å². The Morgan fingerprint density at radius 1 is 0.417 bits per heavy atom. The number of nitrogens with zero attached hydrogens (tertiary/aromatic N) is 23. The molecule has 14 aromatic rings. The normalized spacial score (nSPS) is 15.9. The van der Waals surface area contributed by atoms with Gasteiger partial charge in [-0.1, -0.05) is 159 Å². The smallest absolute Gasteiger partial charge is 0.324 e. The first-order chi connectivity index (χ1) is 60.9. The van der Waals surface area contributed by atoms with Gasteiger partial charge < -0.3 is 65.8 Å². The van der Waals surface area contributed by atoms with E-state index in [0.717, 1.165) is 144 Å². The minimum absolute atomic E-state index is 0.225. The molecule has 4 atom stereocenters. The highest BCUT2D eigenvalue weighted by Gasteiger charge is 2.48. The molecule has 12 heterocycles. The monoisotopic (exact) mass is 1720 g/mol. The van der Waals surface area contributed by atoms with Crippen molar-refractivity contribution in [3.05, 3.63) is 217 Å². The van der Waals surface area contributed by atoms with Gasteiger partial charge in [-0.3, -0.25) is 14.3 Å². The van der Waals surface area contributed by atoms with Crippen LogP contribution in [0.4, 0.5) is 35.8 Å².